The first-order valence-electron chi connectivity index (χ1n) is 8.99. The zero-order valence-electron chi connectivity index (χ0n) is 15.6. The maximum Gasteiger partial charge on any atom is 0.375 e. The lowest BCUT2D eigenvalue weighted by Gasteiger charge is -2.03. The molecule has 0 saturated carbocycles. The van der Waals surface area contributed by atoms with Crippen LogP contribution in [0.2, 0.25) is 0 Å². The molecule has 7 nitrogen and oxygen atoms in total. The highest BCUT2D eigenvalue weighted by atomic mass is 79.9. The molecule has 0 fully saturated rings. The summed E-state index contributed by atoms with van der Waals surface area (Å²) >= 11 is 3.38. The van der Waals surface area contributed by atoms with Gasteiger partial charge in [-0.2, -0.15) is 0 Å². The smallest absolute Gasteiger partial charge is 0.375 e. The first kappa shape index (κ1) is 19.4. The largest absolute Gasteiger partial charge is 0.450 e. The zero-order valence-corrected chi connectivity index (χ0v) is 17.1. The average molecular weight is 457 g/mol. The van der Waals surface area contributed by atoms with Crippen LogP contribution in [0.1, 0.15) is 28.9 Å². The first-order chi connectivity index (χ1) is 14.2. The van der Waals surface area contributed by atoms with Crippen molar-refractivity contribution in [3.05, 3.63) is 70.2 Å². The highest BCUT2D eigenvalue weighted by molar-refractivity contribution is 9.10. The number of hydrogen-bond acceptors (Lipinski definition) is 7. The summed E-state index contributed by atoms with van der Waals surface area (Å²) in [6, 6.07) is 14.8. The van der Waals surface area contributed by atoms with E-state index in [4.69, 9.17) is 18.3 Å². The number of rotatable bonds is 7. The van der Waals surface area contributed by atoms with Crippen molar-refractivity contribution in [3.8, 4) is 11.5 Å². The van der Waals surface area contributed by atoms with Crippen molar-refractivity contribution in [2.45, 2.75) is 20.1 Å². The standard InChI is InChI=1S/C21H17BrN2O5/c1-2-26-11-16-15-5-3-4-6-17(15)28-19(16)21(25)27-12-18-23-24-20(29-18)13-7-9-14(22)10-8-13/h3-10H,2,11-12H2,1H3. The normalized spacial score (nSPS) is 11.1. The van der Waals surface area contributed by atoms with Crippen LogP contribution in [0.5, 0.6) is 0 Å². The maximum absolute atomic E-state index is 12.6. The van der Waals surface area contributed by atoms with E-state index in [9.17, 15) is 4.79 Å². The van der Waals surface area contributed by atoms with E-state index in [2.05, 4.69) is 26.1 Å². The summed E-state index contributed by atoms with van der Waals surface area (Å²) in [5, 5.41) is 8.75. The molecular weight excluding hydrogens is 440 g/mol. The fraction of sp³-hybridized carbons (Fsp3) is 0.190. The quantitative estimate of drug-likeness (QED) is 0.355. The molecule has 4 rings (SSSR count). The minimum Gasteiger partial charge on any atom is -0.450 e. The second-order valence-electron chi connectivity index (χ2n) is 6.13. The number of furan rings is 1. The minimum atomic E-state index is -0.612. The molecule has 0 unspecified atom stereocenters. The van der Waals surface area contributed by atoms with Gasteiger partial charge in [-0.25, -0.2) is 4.79 Å². The third-order valence-corrected chi connectivity index (χ3v) is 4.75. The molecule has 0 spiro atoms. The summed E-state index contributed by atoms with van der Waals surface area (Å²) in [5.41, 5.74) is 2.03. The number of aromatic nitrogens is 2. The molecule has 0 N–H and O–H groups in total. The fourth-order valence-corrected chi connectivity index (χ4v) is 3.09. The molecule has 0 aliphatic rings. The zero-order chi connectivity index (χ0) is 20.2. The number of para-hydroxylation sites is 1. The van der Waals surface area contributed by atoms with Gasteiger partial charge in [-0.15, -0.1) is 10.2 Å². The monoisotopic (exact) mass is 456 g/mol. The molecule has 2 heterocycles. The van der Waals surface area contributed by atoms with Gasteiger partial charge in [-0.3, -0.25) is 0 Å². The lowest BCUT2D eigenvalue weighted by atomic mass is 10.1. The van der Waals surface area contributed by atoms with Crippen molar-refractivity contribution in [3.63, 3.8) is 0 Å². The van der Waals surface area contributed by atoms with Gasteiger partial charge in [0.15, 0.2) is 6.61 Å². The van der Waals surface area contributed by atoms with Gasteiger partial charge >= 0.3 is 5.97 Å². The predicted molar refractivity (Wildman–Crippen MR) is 108 cm³/mol. The van der Waals surface area contributed by atoms with Crippen molar-refractivity contribution in [2.75, 3.05) is 6.61 Å². The lowest BCUT2D eigenvalue weighted by molar-refractivity contribution is 0.0396. The molecule has 4 aromatic rings. The second-order valence-corrected chi connectivity index (χ2v) is 7.04. The Labute approximate surface area is 174 Å². The highest BCUT2D eigenvalue weighted by Crippen LogP contribution is 2.27. The Morgan fingerprint density at radius 3 is 2.62 bits per heavy atom. The van der Waals surface area contributed by atoms with Crippen LogP contribution in [0.25, 0.3) is 22.4 Å². The average Bonchev–Trinajstić information content (AvgIpc) is 3.36. The Hall–Kier alpha value is -2.97. The van der Waals surface area contributed by atoms with Crippen LogP contribution in [-0.4, -0.2) is 22.8 Å². The molecule has 0 amide bonds. The van der Waals surface area contributed by atoms with E-state index in [0.717, 1.165) is 15.4 Å². The third kappa shape index (κ3) is 4.23. The number of esters is 1. The Morgan fingerprint density at radius 2 is 1.83 bits per heavy atom. The number of ether oxygens (including phenoxy) is 2. The van der Waals surface area contributed by atoms with Gasteiger partial charge in [0, 0.05) is 27.6 Å². The Balaban J connectivity index is 1.49. The Kier molecular flexibility index (Phi) is 5.73. The van der Waals surface area contributed by atoms with Crippen LogP contribution in [-0.2, 0) is 22.7 Å². The topological polar surface area (TPSA) is 87.6 Å². The van der Waals surface area contributed by atoms with Gasteiger partial charge in [0.2, 0.25) is 11.7 Å². The summed E-state index contributed by atoms with van der Waals surface area (Å²) in [5.74, 6) is 0.0506. The maximum atomic E-state index is 12.6. The molecule has 0 aliphatic carbocycles. The third-order valence-electron chi connectivity index (χ3n) is 4.22. The van der Waals surface area contributed by atoms with Crippen molar-refractivity contribution in [1.29, 1.82) is 0 Å². The van der Waals surface area contributed by atoms with Crippen molar-refractivity contribution in [2.24, 2.45) is 0 Å². The van der Waals surface area contributed by atoms with Crippen LogP contribution >= 0.6 is 15.9 Å². The number of nitrogens with zero attached hydrogens (tertiary/aromatic N) is 2. The Morgan fingerprint density at radius 1 is 1.03 bits per heavy atom. The second kappa shape index (κ2) is 8.59. The lowest BCUT2D eigenvalue weighted by Crippen LogP contribution is -2.08. The molecule has 0 aliphatic heterocycles. The molecule has 0 radical (unpaired) electrons. The van der Waals surface area contributed by atoms with Gasteiger partial charge in [0.05, 0.1) is 6.61 Å². The van der Waals surface area contributed by atoms with E-state index in [-0.39, 0.29) is 24.9 Å². The van der Waals surface area contributed by atoms with Gasteiger partial charge < -0.3 is 18.3 Å². The number of hydrogen-bond donors (Lipinski definition) is 0. The summed E-state index contributed by atoms with van der Waals surface area (Å²) in [7, 11) is 0. The van der Waals surface area contributed by atoms with Gasteiger partial charge in [0.1, 0.15) is 5.58 Å². The number of carbonyl (C=O) groups is 1. The molecule has 29 heavy (non-hydrogen) atoms. The van der Waals surface area contributed by atoms with E-state index in [1.54, 1.807) is 6.07 Å². The van der Waals surface area contributed by atoms with Crippen LogP contribution in [0.3, 0.4) is 0 Å². The van der Waals surface area contributed by atoms with E-state index in [1.807, 2.05) is 49.4 Å². The van der Waals surface area contributed by atoms with Crippen LogP contribution in [0, 0.1) is 0 Å². The van der Waals surface area contributed by atoms with Gasteiger partial charge in [0.25, 0.3) is 5.89 Å². The summed E-state index contributed by atoms with van der Waals surface area (Å²) < 4.78 is 23.1. The van der Waals surface area contributed by atoms with Gasteiger partial charge in [-0.1, -0.05) is 34.1 Å². The van der Waals surface area contributed by atoms with E-state index in [1.165, 1.54) is 0 Å². The minimum absolute atomic E-state index is 0.118. The number of fused-ring (bicyclic) bond motifs is 1. The molecule has 8 heteroatoms. The van der Waals surface area contributed by atoms with Crippen molar-refractivity contribution < 1.29 is 23.1 Å². The number of carbonyl (C=O) groups excluding carboxylic acids is 1. The predicted octanol–water partition coefficient (Wildman–Crippen LogP) is 5.14. The number of halogens is 1. The van der Waals surface area contributed by atoms with Crippen LogP contribution in [0.4, 0.5) is 0 Å². The van der Waals surface area contributed by atoms with Crippen molar-refractivity contribution in [1.82, 2.24) is 10.2 Å². The van der Waals surface area contributed by atoms with Crippen LogP contribution in [0.15, 0.2) is 61.8 Å². The van der Waals surface area contributed by atoms with Gasteiger partial charge in [-0.05, 0) is 37.3 Å². The SMILES string of the molecule is CCOCc1c(C(=O)OCc2nnc(-c3ccc(Br)cc3)o2)oc2ccccc12. The summed E-state index contributed by atoms with van der Waals surface area (Å²) in [6.07, 6.45) is 0. The summed E-state index contributed by atoms with van der Waals surface area (Å²) in [4.78, 5) is 12.6. The molecule has 0 saturated heterocycles. The van der Waals surface area contributed by atoms with E-state index >= 15 is 0 Å². The molecule has 2 aromatic carbocycles. The van der Waals surface area contributed by atoms with Crippen molar-refractivity contribution >= 4 is 32.9 Å². The molecule has 0 atom stereocenters. The Bertz CT molecular complexity index is 1130. The first-order valence-corrected chi connectivity index (χ1v) is 9.78. The fourth-order valence-electron chi connectivity index (χ4n) is 2.82. The number of benzene rings is 2. The molecule has 2 aromatic heterocycles. The molecule has 148 valence electrons. The highest BCUT2D eigenvalue weighted by Gasteiger charge is 2.22. The van der Waals surface area contributed by atoms with E-state index < -0.39 is 5.97 Å². The summed E-state index contributed by atoms with van der Waals surface area (Å²) in [6.45, 7) is 2.51. The van der Waals surface area contributed by atoms with E-state index in [0.29, 0.717) is 23.6 Å². The van der Waals surface area contributed by atoms with Crippen LogP contribution < -0.4 is 0 Å². The molecule has 0 bridgehead atoms. The molecular formula is C21H17BrN2O5.